The summed E-state index contributed by atoms with van der Waals surface area (Å²) in [5, 5.41) is 18.5. The number of para-hydroxylation sites is 2. The van der Waals surface area contributed by atoms with E-state index in [0.717, 1.165) is 40.0 Å². The Labute approximate surface area is 192 Å². The molecule has 4 aliphatic rings. The van der Waals surface area contributed by atoms with Crippen molar-refractivity contribution in [3.63, 3.8) is 0 Å². The van der Waals surface area contributed by atoms with E-state index < -0.39 is 0 Å². The molecule has 4 saturated carbocycles. The number of benzene rings is 2. The molecule has 0 aliphatic heterocycles. The lowest BCUT2D eigenvalue weighted by atomic mass is 9.49. The van der Waals surface area contributed by atoms with Crippen LogP contribution in [0.3, 0.4) is 0 Å². The van der Waals surface area contributed by atoms with Crippen LogP contribution in [0.5, 0.6) is 0 Å². The van der Waals surface area contributed by atoms with Crippen molar-refractivity contribution < 1.29 is 0 Å². The van der Waals surface area contributed by atoms with Crippen LogP contribution in [0.25, 0.3) is 28.0 Å². The molecule has 2 aromatic heterocycles. The van der Waals surface area contributed by atoms with Gasteiger partial charge in [0.25, 0.3) is 0 Å². The van der Waals surface area contributed by atoms with Crippen molar-refractivity contribution in [1.29, 1.82) is 5.26 Å². The smallest absolute Gasteiger partial charge is 0.167 e. The highest BCUT2D eigenvalue weighted by molar-refractivity contribution is 5.79. The SMILES string of the molecule is N#Cc1nc2ccccc2nc1-c1ccc(-n2nncc2C23CC4CC(CC(C4)C2)C3)cc1. The Morgan fingerprint density at radius 1 is 0.848 bits per heavy atom. The van der Waals surface area contributed by atoms with Crippen molar-refractivity contribution in [3.05, 3.63) is 66.1 Å². The van der Waals surface area contributed by atoms with Gasteiger partial charge in [-0.05, 0) is 80.5 Å². The van der Waals surface area contributed by atoms with Gasteiger partial charge in [0, 0.05) is 11.0 Å². The van der Waals surface area contributed by atoms with Crippen LogP contribution in [-0.2, 0) is 5.41 Å². The van der Waals surface area contributed by atoms with Crippen molar-refractivity contribution in [3.8, 4) is 23.0 Å². The minimum atomic E-state index is 0.231. The second kappa shape index (κ2) is 6.95. The van der Waals surface area contributed by atoms with Gasteiger partial charge in [0.15, 0.2) is 5.69 Å². The van der Waals surface area contributed by atoms with Crippen LogP contribution in [0.1, 0.15) is 49.9 Å². The molecule has 2 heterocycles. The molecule has 0 radical (unpaired) electrons. The van der Waals surface area contributed by atoms with Crippen LogP contribution in [0.15, 0.2) is 54.7 Å². The van der Waals surface area contributed by atoms with Crippen molar-refractivity contribution in [1.82, 2.24) is 25.0 Å². The van der Waals surface area contributed by atoms with Gasteiger partial charge in [-0.25, -0.2) is 14.6 Å². The van der Waals surface area contributed by atoms with Gasteiger partial charge in [0.05, 0.1) is 28.6 Å². The van der Waals surface area contributed by atoms with E-state index >= 15 is 0 Å². The lowest BCUT2D eigenvalue weighted by molar-refractivity contribution is -0.00827. The Bertz CT molecular complexity index is 1380. The lowest BCUT2D eigenvalue weighted by Crippen LogP contribution is -2.49. The van der Waals surface area contributed by atoms with E-state index in [1.165, 1.54) is 44.2 Å². The standard InChI is InChI=1S/C27H24N6/c28-15-24-26(31-23-4-2-1-3-22(23)30-24)20-5-7-21(8-6-20)33-25(16-29-32-33)27-12-17-9-18(13-27)11-19(10-17)14-27/h1-8,16-19H,9-14H2. The van der Waals surface area contributed by atoms with Gasteiger partial charge >= 0.3 is 0 Å². The molecular formula is C27H24N6. The summed E-state index contributed by atoms with van der Waals surface area (Å²) in [6.45, 7) is 0. The molecule has 8 rings (SSSR count). The minimum absolute atomic E-state index is 0.231. The maximum atomic E-state index is 9.66. The van der Waals surface area contributed by atoms with Crippen molar-refractivity contribution >= 4 is 11.0 Å². The second-order valence-electron chi connectivity index (χ2n) is 10.3. The summed E-state index contributed by atoms with van der Waals surface area (Å²) in [4.78, 5) is 9.24. The van der Waals surface area contributed by atoms with Gasteiger partial charge in [-0.1, -0.05) is 29.5 Å². The van der Waals surface area contributed by atoms with Crippen LogP contribution in [0.4, 0.5) is 0 Å². The highest BCUT2D eigenvalue weighted by Gasteiger charge is 2.53. The topological polar surface area (TPSA) is 80.3 Å². The summed E-state index contributed by atoms with van der Waals surface area (Å²) >= 11 is 0. The maximum Gasteiger partial charge on any atom is 0.167 e. The van der Waals surface area contributed by atoms with Crippen molar-refractivity contribution in [2.75, 3.05) is 0 Å². The number of aromatic nitrogens is 5. The van der Waals surface area contributed by atoms with E-state index in [1.54, 1.807) is 0 Å². The first-order valence-corrected chi connectivity index (χ1v) is 11.9. The van der Waals surface area contributed by atoms with Gasteiger partial charge in [-0.3, -0.25) is 0 Å². The predicted octanol–water partition coefficient (Wildman–Crippen LogP) is 5.22. The zero-order valence-corrected chi connectivity index (χ0v) is 18.4. The molecule has 0 unspecified atom stereocenters. The summed E-state index contributed by atoms with van der Waals surface area (Å²) in [5.41, 5.74) is 5.87. The first kappa shape index (κ1) is 18.9. The third-order valence-electron chi connectivity index (χ3n) is 8.19. The second-order valence-corrected chi connectivity index (χ2v) is 10.3. The van der Waals surface area contributed by atoms with Crippen LogP contribution < -0.4 is 0 Å². The number of fused-ring (bicyclic) bond motifs is 1. The molecule has 4 fully saturated rings. The van der Waals surface area contributed by atoms with E-state index in [-0.39, 0.29) is 5.41 Å². The molecule has 4 aromatic rings. The molecule has 0 saturated heterocycles. The summed E-state index contributed by atoms with van der Waals surface area (Å²) in [6, 6.07) is 18.0. The number of hydrogen-bond acceptors (Lipinski definition) is 5. The third-order valence-corrected chi connectivity index (χ3v) is 8.19. The third kappa shape index (κ3) is 2.92. The Hall–Kier alpha value is -3.59. The average Bonchev–Trinajstić information content (AvgIpc) is 3.34. The fourth-order valence-corrected chi connectivity index (χ4v) is 7.25. The zero-order chi connectivity index (χ0) is 22.0. The fraction of sp³-hybridized carbons (Fsp3) is 0.370. The lowest BCUT2D eigenvalue weighted by Gasteiger charge is -2.56. The summed E-state index contributed by atoms with van der Waals surface area (Å²) in [5.74, 6) is 2.62. The van der Waals surface area contributed by atoms with Crippen LogP contribution >= 0.6 is 0 Å². The minimum Gasteiger partial charge on any atom is -0.243 e. The van der Waals surface area contributed by atoms with Crippen LogP contribution in [0.2, 0.25) is 0 Å². The molecular weight excluding hydrogens is 408 g/mol. The molecule has 6 nitrogen and oxygen atoms in total. The van der Waals surface area contributed by atoms with E-state index in [4.69, 9.17) is 4.98 Å². The van der Waals surface area contributed by atoms with E-state index in [2.05, 4.69) is 33.5 Å². The number of hydrogen-bond donors (Lipinski definition) is 0. The molecule has 33 heavy (non-hydrogen) atoms. The molecule has 0 atom stereocenters. The Morgan fingerprint density at radius 2 is 1.48 bits per heavy atom. The van der Waals surface area contributed by atoms with E-state index in [1.807, 2.05) is 47.3 Å². The van der Waals surface area contributed by atoms with Crippen LogP contribution in [-0.4, -0.2) is 25.0 Å². The Kier molecular flexibility index (Phi) is 3.99. The summed E-state index contributed by atoms with van der Waals surface area (Å²) < 4.78 is 2.05. The molecule has 0 N–H and O–H groups in total. The largest absolute Gasteiger partial charge is 0.243 e. The molecule has 0 amide bonds. The molecule has 6 heteroatoms. The first-order valence-electron chi connectivity index (χ1n) is 11.9. The molecule has 162 valence electrons. The van der Waals surface area contributed by atoms with Gasteiger partial charge in [0.2, 0.25) is 0 Å². The Morgan fingerprint density at radius 3 is 2.12 bits per heavy atom. The fourth-order valence-electron chi connectivity index (χ4n) is 7.25. The van der Waals surface area contributed by atoms with Crippen LogP contribution in [0, 0.1) is 29.1 Å². The molecule has 4 aliphatic carbocycles. The first-order chi connectivity index (χ1) is 16.2. The van der Waals surface area contributed by atoms with Gasteiger partial charge in [-0.15, -0.1) is 5.10 Å². The Balaban J connectivity index is 1.27. The van der Waals surface area contributed by atoms with Crippen molar-refractivity contribution in [2.45, 2.75) is 43.9 Å². The summed E-state index contributed by atoms with van der Waals surface area (Å²) in [7, 11) is 0. The van der Waals surface area contributed by atoms with Gasteiger partial charge in [-0.2, -0.15) is 5.26 Å². The molecule has 2 aromatic carbocycles. The van der Waals surface area contributed by atoms with Gasteiger partial charge in [0.1, 0.15) is 11.8 Å². The maximum absolute atomic E-state index is 9.66. The number of rotatable bonds is 3. The number of nitrogens with zero attached hydrogens (tertiary/aromatic N) is 6. The summed E-state index contributed by atoms with van der Waals surface area (Å²) in [6.07, 6.45) is 10.1. The molecule has 4 bridgehead atoms. The predicted molar refractivity (Wildman–Crippen MR) is 124 cm³/mol. The monoisotopic (exact) mass is 432 g/mol. The van der Waals surface area contributed by atoms with Gasteiger partial charge < -0.3 is 0 Å². The van der Waals surface area contributed by atoms with E-state index in [0.29, 0.717) is 11.4 Å². The molecule has 0 spiro atoms. The number of nitriles is 1. The highest BCUT2D eigenvalue weighted by Crippen LogP contribution is 2.60. The quantitative estimate of drug-likeness (QED) is 0.444. The normalized spacial score (nSPS) is 27.7. The van der Waals surface area contributed by atoms with Crippen molar-refractivity contribution in [2.24, 2.45) is 17.8 Å². The average molecular weight is 433 g/mol. The highest BCUT2D eigenvalue weighted by atomic mass is 15.4. The zero-order valence-electron chi connectivity index (χ0n) is 18.4. The van der Waals surface area contributed by atoms with E-state index in [9.17, 15) is 5.26 Å².